The van der Waals surface area contributed by atoms with Crippen molar-refractivity contribution < 1.29 is 24.5 Å². The molecule has 0 aliphatic heterocycles. The summed E-state index contributed by atoms with van der Waals surface area (Å²) in [7, 11) is 0. The fourth-order valence-corrected chi connectivity index (χ4v) is 0.821. The fourth-order valence-electron chi connectivity index (χ4n) is 0.821. The van der Waals surface area contributed by atoms with Crippen LogP contribution in [0.5, 0.6) is 0 Å². The molecular formula is C10H20O5. The maximum Gasteiger partial charge on any atom is 0.309 e. The third-order valence-electron chi connectivity index (χ3n) is 2.06. The van der Waals surface area contributed by atoms with Crippen LogP contribution < -0.4 is 0 Å². The van der Waals surface area contributed by atoms with Gasteiger partial charge in [0, 0.05) is 6.61 Å². The first-order valence-corrected chi connectivity index (χ1v) is 5.00. The second kappa shape index (κ2) is 7.62. The van der Waals surface area contributed by atoms with Crippen molar-refractivity contribution in [3.8, 4) is 0 Å². The van der Waals surface area contributed by atoms with E-state index in [1.165, 1.54) is 0 Å². The highest BCUT2D eigenvalue weighted by molar-refractivity contribution is 5.73. The van der Waals surface area contributed by atoms with Gasteiger partial charge in [0.25, 0.3) is 0 Å². The summed E-state index contributed by atoms with van der Waals surface area (Å²) in [5.74, 6) is -0.817. The normalized spacial score (nSPS) is 11.7. The molecule has 0 saturated heterocycles. The zero-order chi connectivity index (χ0) is 11.7. The largest absolute Gasteiger partial charge is 0.481 e. The van der Waals surface area contributed by atoms with Gasteiger partial charge in [0.2, 0.25) is 0 Å². The first kappa shape index (κ1) is 14.3. The Morgan fingerprint density at radius 2 is 1.67 bits per heavy atom. The number of ether oxygens (including phenoxy) is 2. The summed E-state index contributed by atoms with van der Waals surface area (Å²) in [5.41, 5.74) is -0.744. The van der Waals surface area contributed by atoms with Gasteiger partial charge in [-0.05, 0) is 20.3 Å². The fraction of sp³-hybridized carbons (Fsp3) is 0.900. The lowest BCUT2D eigenvalue weighted by Crippen LogP contribution is -2.25. The molecule has 0 aromatic rings. The standard InChI is InChI=1S/C10H20O5/c1-10(2,9(12)13)3-5-14-7-8-15-6-4-11/h11H,3-8H2,1-2H3,(H,12,13). The summed E-state index contributed by atoms with van der Waals surface area (Å²) in [5, 5.41) is 17.2. The topological polar surface area (TPSA) is 76.0 Å². The van der Waals surface area contributed by atoms with Gasteiger partial charge in [-0.2, -0.15) is 0 Å². The minimum atomic E-state index is -0.817. The number of carboxylic acid groups (broad SMARTS) is 1. The molecule has 15 heavy (non-hydrogen) atoms. The Morgan fingerprint density at radius 1 is 1.13 bits per heavy atom. The Hall–Kier alpha value is -0.650. The van der Waals surface area contributed by atoms with Gasteiger partial charge in [-0.25, -0.2) is 0 Å². The number of carboxylic acids is 1. The first-order valence-electron chi connectivity index (χ1n) is 5.00. The predicted molar refractivity (Wildman–Crippen MR) is 54.8 cm³/mol. The lowest BCUT2D eigenvalue weighted by atomic mass is 9.90. The van der Waals surface area contributed by atoms with Crippen molar-refractivity contribution in [1.29, 1.82) is 0 Å². The van der Waals surface area contributed by atoms with Gasteiger partial charge in [0.15, 0.2) is 0 Å². The molecule has 0 unspecified atom stereocenters. The average molecular weight is 220 g/mol. The average Bonchev–Trinajstić information content (AvgIpc) is 2.16. The zero-order valence-electron chi connectivity index (χ0n) is 9.36. The zero-order valence-corrected chi connectivity index (χ0v) is 9.36. The van der Waals surface area contributed by atoms with E-state index in [0.29, 0.717) is 32.8 Å². The summed E-state index contributed by atoms with van der Waals surface area (Å²) in [6.07, 6.45) is 0.475. The minimum absolute atomic E-state index is 0.00600. The molecule has 0 saturated carbocycles. The molecule has 0 rings (SSSR count). The molecule has 0 fully saturated rings. The van der Waals surface area contributed by atoms with Crippen molar-refractivity contribution in [3.05, 3.63) is 0 Å². The van der Waals surface area contributed by atoms with Crippen molar-refractivity contribution in [2.45, 2.75) is 20.3 Å². The van der Waals surface area contributed by atoms with Crippen LogP contribution in [-0.4, -0.2) is 49.2 Å². The Balaban J connectivity index is 3.35. The molecule has 0 aromatic carbocycles. The molecule has 0 aromatic heterocycles. The minimum Gasteiger partial charge on any atom is -0.481 e. The van der Waals surface area contributed by atoms with E-state index in [1.807, 2.05) is 0 Å². The summed E-state index contributed by atoms with van der Waals surface area (Å²) in [6, 6.07) is 0. The second-order valence-corrected chi connectivity index (χ2v) is 3.89. The van der Waals surface area contributed by atoms with Crippen molar-refractivity contribution in [2.24, 2.45) is 5.41 Å². The van der Waals surface area contributed by atoms with Crippen LogP contribution in [0.25, 0.3) is 0 Å². The lowest BCUT2D eigenvalue weighted by molar-refractivity contribution is -0.148. The van der Waals surface area contributed by atoms with E-state index in [0.717, 1.165) is 0 Å². The smallest absolute Gasteiger partial charge is 0.309 e. The number of aliphatic hydroxyl groups is 1. The first-order chi connectivity index (χ1) is 7.00. The maximum absolute atomic E-state index is 10.7. The Labute approximate surface area is 90.0 Å². The summed E-state index contributed by atoms with van der Waals surface area (Å²) < 4.78 is 10.2. The van der Waals surface area contributed by atoms with E-state index in [2.05, 4.69) is 0 Å². The van der Waals surface area contributed by atoms with Crippen molar-refractivity contribution in [2.75, 3.05) is 33.0 Å². The number of carbonyl (C=O) groups is 1. The molecule has 0 spiro atoms. The van der Waals surface area contributed by atoms with E-state index < -0.39 is 11.4 Å². The molecular weight excluding hydrogens is 200 g/mol. The number of aliphatic carboxylic acids is 1. The highest BCUT2D eigenvalue weighted by Gasteiger charge is 2.26. The van der Waals surface area contributed by atoms with Crippen LogP contribution in [0.1, 0.15) is 20.3 Å². The van der Waals surface area contributed by atoms with Crippen LogP contribution in [0, 0.1) is 5.41 Å². The molecule has 5 nitrogen and oxygen atoms in total. The van der Waals surface area contributed by atoms with Crippen LogP contribution in [0.3, 0.4) is 0 Å². The van der Waals surface area contributed by atoms with Gasteiger partial charge in [0.05, 0.1) is 31.8 Å². The van der Waals surface area contributed by atoms with E-state index in [1.54, 1.807) is 13.8 Å². The van der Waals surface area contributed by atoms with Crippen molar-refractivity contribution >= 4 is 5.97 Å². The quantitative estimate of drug-likeness (QED) is 0.554. The number of hydrogen-bond acceptors (Lipinski definition) is 4. The molecule has 2 N–H and O–H groups in total. The van der Waals surface area contributed by atoms with E-state index in [-0.39, 0.29) is 6.61 Å². The van der Waals surface area contributed by atoms with Crippen LogP contribution in [0.15, 0.2) is 0 Å². The monoisotopic (exact) mass is 220 g/mol. The van der Waals surface area contributed by atoms with Gasteiger partial charge >= 0.3 is 5.97 Å². The predicted octanol–water partition coefficient (Wildman–Crippen LogP) is 0.513. The van der Waals surface area contributed by atoms with E-state index in [4.69, 9.17) is 19.7 Å². The molecule has 0 heterocycles. The second-order valence-electron chi connectivity index (χ2n) is 3.89. The third-order valence-corrected chi connectivity index (χ3v) is 2.06. The Morgan fingerprint density at radius 3 is 2.13 bits per heavy atom. The molecule has 0 aliphatic carbocycles. The van der Waals surface area contributed by atoms with Crippen molar-refractivity contribution in [1.82, 2.24) is 0 Å². The molecule has 90 valence electrons. The molecule has 0 atom stereocenters. The summed E-state index contributed by atoms with van der Waals surface area (Å²) in [6.45, 7) is 4.91. The van der Waals surface area contributed by atoms with E-state index >= 15 is 0 Å². The third kappa shape index (κ3) is 7.30. The van der Waals surface area contributed by atoms with Gasteiger partial charge in [-0.1, -0.05) is 0 Å². The van der Waals surface area contributed by atoms with Gasteiger partial charge in [0.1, 0.15) is 0 Å². The molecule has 0 radical (unpaired) electrons. The van der Waals surface area contributed by atoms with Crippen LogP contribution in [-0.2, 0) is 14.3 Å². The molecule has 0 aliphatic rings. The number of hydrogen-bond donors (Lipinski definition) is 2. The van der Waals surface area contributed by atoms with Crippen LogP contribution >= 0.6 is 0 Å². The highest BCUT2D eigenvalue weighted by atomic mass is 16.5. The highest BCUT2D eigenvalue weighted by Crippen LogP contribution is 2.19. The van der Waals surface area contributed by atoms with Gasteiger partial charge in [-0.15, -0.1) is 0 Å². The van der Waals surface area contributed by atoms with Gasteiger partial charge in [-0.3, -0.25) is 4.79 Å². The van der Waals surface area contributed by atoms with Gasteiger partial charge < -0.3 is 19.7 Å². The van der Waals surface area contributed by atoms with E-state index in [9.17, 15) is 4.79 Å². The number of aliphatic hydroxyl groups excluding tert-OH is 1. The molecule has 0 amide bonds. The Bertz CT molecular complexity index is 179. The molecule has 5 heteroatoms. The van der Waals surface area contributed by atoms with Crippen LogP contribution in [0.2, 0.25) is 0 Å². The Kier molecular flexibility index (Phi) is 7.29. The maximum atomic E-state index is 10.7. The summed E-state index contributed by atoms with van der Waals surface area (Å²) in [4.78, 5) is 10.7. The summed E-state index contributed by atoms with van der Waals surface area (Å²) >= 11 is 0. The lowest BCUT2D eigenvalue weighted by Gasteiger charge is -2.18. The SMILES string of the molecule is CC(C)(CCOCCOCCO)C(=O)O. The number of rotatable bonds is 9. The molecule has 0 bridgehead atoms. The van der Waals surface area contributed by atoms with Crippen molar-refractivity contribution in [3.63, 3.8) is 0 Å². The van der Waals surface area contributed by atoms with Crippen LogP contribution in [0.4, 0.5) is 0 Å².